The van der Waals surface area contributed by atoms with Crippen LogP contribution in [-0.2, 0) is 19.7 Å². The second kappa shape index (κ2) is 5.09. The van der Waals surface area contributed by atoms with E-state index in [9.17, 15) is 0 Å². The van der Waals surface area contributed by atoms with Crippen molar-refractivity contribution in [2.45, 2.75) is 17.5 Å². The van der Waals surface area contributed by atoms with Gasteiger partial charge in [0.2, 0.25) is 0 Å². The van der Waals surface area contributed by atoms with Crippen LogP contribution in [0.2, 0.25) is 4.13 Å². The molecule has 0 unspecified atom stereocenters. The second-order valence-electron chi connectivity index (χ2n) is 5.65. The maximum atomic E-state index is 2.54. The van der Waals surface area contributed by atoms with Crippen molar-refractivity contribution < 1.29 is 19.7 Å². The van der Waals surface area contributed by atoms with E-state index in [-0.39, 0.29) is 0 Å². The third-order valence-corrected chi connectivity index (χ3v) is 26.1. The molecule has 0 N–H and O–H groups in total. The molecule has 0 heterocycles. The Morgan fingerprint density at radius 3 is 1.71 bits per heavy atom. The van der Waals surface area contributed by atoms with Gasteiger partial charge in [-0.15, -0.1) is 0 Å². The minimum atomic E-state index is -3.38. The summed E-state index contributed by atoms with van der Waals surface area (Å²) in [6.45, 7) is 2.35. The van der Waals surface area contributed by atoms with E-state index in [4.69, 9.17) is 0 Å². The third kappa shape index (κ3) is 1.76. The first kappa shape index (κ1) is 15.3. The van der Waals surface area contributed by atoms with E-state index in [0.29, 0.717) is 0 Å². The Morgan fingerprint density at radius 2 is 1.47 bits per heavy atom. The van der Waals surface area contributed by atoms with Gasteiger partial charge in [-0.3, -0.25) is 0 Å². The maximum absolute atomic E-state index is 3.38. The van der Waals surface area contributed by atoms with Gasteiger partial charge in [0.15, 0.2) is 0 Å². The van der Waals surface area contributed by atoms with E-state index >= 15 is 0 Å². The van der Waals surface area contributed by atoms with Crippen molar-refractivity contribution in [1.29, 1.82) is 0 Å². The Hall–Kier alpha value is 0.243. The summed E-state index contributed by atoms with van der Waals surface area (Å²) < 4.78 is 10.5. The normalized spacial score (nSPS) is 18.9. The molecule has 0 saturated heterocycles. The van der Waals surface area contributed by atoms with E-state index in [1.54, 1.807) is 3.28 Å². The first-order chi connectivity index (χ1) is 7.84. The van der Waals surface area contributed by atoms with Gasteiger partial charge in [-0.25, -0.2) is 0 Å². The van der Waals surface area contributed by atoms with E-state index in [0.717, 1.165) is 6.42 Å². The topological polar surface area (TPSA) is 9.72 Å². The molecule has 0 aromatic heterocycles. The molecule has 99 valence electrons. The summed E-state index contributed by atoms with van der Waals surface area (Å²) in [6, 6.07) is 0. The standard InChI is InChI=1S/C5H5.3C2H6N.C2H5.Zr/c1-2-4-5-3-1;3*1-3-2;1-2;/h1-3H,4H2;3*1-2H3;1H2,2H3;/q;3*-1;;+3. The van der Waals surface area contributed by atoms with Gasteiger partial charge in [0.05, 0.1) is 0 Å². The van der Waals surface area contributed by atoms with Crippen molar-refractivity contribution in [2.75, 3.05) is 42.3 Å². The van der Waals surface area contributed by atoms with Crippen LogP contribution in [0.3, 0.4) is 0 Å². The number of hydrogen-bond donors (Lipinski definition) is 0. The minimum absolute atomic E-state index is 1.12. The Balaban J connectivity index is 3.52. The number of allylic oxidation sites excluding steroid dienone is 4. The van der Waals surface area contributed by atoms with Crippen LogP contribution in [-0.4, -0.2) is 50.8 Å². The second-order valence-corrected chi connectivity index (χ2v) is 21.9. The molecule has 1 rings (SSSR count). The SMILES string of the molecule is C[CH2][Zr]([C]1=CC=CC1)([N](C)C)([N](C)C)[N](C)C. The molecule has 1 aliphatic carbocycles. The molecule has 1 aliphatic rings. The average molecular weight is 318 g/mol. The van der Waals surface area contributed by atoms with Crippen molar-refractivity contribution in [3.05, 3.63) is 21.5 Å². The monoisotopic (exact) mass is 316 g/mol. The Labute approximate surface area is 109 Å². The van der Waals surface area contributed by atoms with Gasteiger partial charge in [-0.1, -0.05) is 0 Å². The van der Waals surface area contributed by atoms with Gasteiger partial charge >= 0.3 is 109 Å². The molecule has 0 aromatic carbocycles. The van der Waals surface area contributed by atoms with E-state index in [1.165, 1.54) is 4.13 Å². The molecular formula is C13H28N3Zr. The summed E-state index contributed by atoms with van der Waals surface area (Å²) in [5, 5.41) is 0. The fourth-order valence-electron chi connectivity index (χ4n) is 4.06. The van der Waals surface area contributed by atoms with Crippen LogP contribution in [0.15, 0.2) is 21.5 Å². The molecule has 0 fully saturated rings. The predicted molar refractivity (Wildman–Crippen MR) is 73.4 cm³/mol. The van der Waals surface area contributed by atoms with Crippen molar-refractivity contribution in [1.82, 2.24) is 8.53 Å². The Bertz CT molecular complexity index is 318. The fourth-order valence-corrected chi connectivity index (χ4v) is 22.4. The summed E-state index contributed by atoms with van der Waals surface area (Å²) in [5.74, 6) is 0. The molecule has 0 spiro atoms. The zero-order chi connectivity index (χ0) is 13.3. The summed E-state index contributed by atoms with van der Waals surface area (Å²) in [4.78, 5) is 0. The Kier molecular flexibility index (Phi) is 4.58. The third-order valence-electron chi connectivity index (χ3n) is 4.90. The predicted octanol–water partition coefficient (Wildman–Crippen LogP) is 2.39. The van der Waals surface area contributed by atoms with Crippen LogP contribution in [0.25, 0.3) is 0 Å². The van der Waals surface area contributed by atoms with Crippen LogP contribution in [0.4, 0.5) is 0 Å². The number of rotatable bonds is 5. The van der Waals surface area contributed by atoms with E-state index in [2.05, 4.69) is 76.0 Å². The molecule has 0 aliphatic heterocycles. The molecular weight excluding hydrogens is 289 g/mol. The van der Waals surface area contributed by atoms with Crippen molar-refractivity contribution in [3.8, 4) is 0 Å². The van der Waals surface area contributed by atoms with Crippen LogP contribution in [0.1, 0.15) is 13.3 Å². The van der Waals surface area contributed by atoms with Crippen LogP contribution in [0, 0.1) is 0 Å². The first-order valence-electron chi connectivity index (χ1n) is 6.38. The summed E-state index contributed by atoms with van der Waals surface area (Å²) >= 11 is -3.38. The van der Waals surface area contributed by atoms with Gasteiger partial charge in [0.25, 0.3) is 0 Å². The Morgan fingerprint density at radius 1 is 1.00 bits per heavy atom. The summed E-state index contributed by atoms with van der Waals surface area (Å²) in [7, 11) is 13.5. The van der Waals surface area contributed by atoms with Crippen molar-refractivity contribution in [2.24, 2.45) is 0 Å². The molecule has 17 heavy (non-hydrogen) atoms. The van der Waals surface area contributed by atoms with Gasteiger partial charge in [0.1, 0.15) is 0 Å². The average Bonchev–Trinajstić information content (AvgIpc) is 2.72. The van der Waals surface area contributed by atoms with Crippen molar-refractivity contribution in [3.63, 3.8) is 0 Å². The van der Waals surface area contributed by atoms with E-state index in [1.807, 2.05) is 0 Å². The molecule has 4 heteroatoms. The zero-order valence-corrected chi connectivity index (χ0v) is 14.9. The molecule has 0 bridgehead atoms. The zero-order valence-electron chi connectivity index (χ0n) is 12.5. The summed E-state index contributed by atoms with van der Waals surface area (Å²) in [6.07, 6.45) is 7.98. The van der Waals surface area contributed by atoms with Gasteiger partial charge in [-0.05, 0) is 0 Å². The van der Waals surface area contributed by atoms with E-state index < -0.39 is 19.7 Å². The molecule has 0 aromatic rings. The molecule has 0 radical (unpaired) electrons. The molecule has 0 amide bonds. The van der Waals surface area contributed by atoms with Crippen LogP contribution in [0.5, 0.6) is 0 Å². The van der Waals surface area contributed by atoms with Gasteiger partial charge < -0.3 is 0 Å². The van der Waals surface area contributed by atoms with Gasteiger partial charge in [-0.2, -0.15) is 0 Å². The fraction of sp³-hybridized carbons (Fsp3) is 0.692. The van der Waals surface area contributed by atoms with Crippen LogP contribution >= 0.6 is 0 Å². The van der Waals surface area contributed by atoms with Crippen molar-refractivity contribution >= 4 is 0 Å². The number of nitrogens with zero attached hydrogens (tertiary/aromatic N) is 3. The molecule has 0 saturated carbocycles. The van der Waals surface area contributed by atoms with Crippen LogP contribution < -0.4 is 0 Å². The first-order valence-corrected chi connectivity index (χ1v) is 12.6. The summed E-state index contributed by atoms with van der Waals surface area (Å²) in [5.41, 5.74) is 0. The number of hydrogen-bond acceptors (Lipinski definition) is 3. The molecule has 0 atom stereocenters. The molecule has 3 nitrogen and oxygen atoms in total. The quantitative estimate of drug-likeness (QED) is 0.771. The van der Waals surface area contributed by atoms with Gasteiger partial charge in [0, 0.05) is 0 Å².